The molecule has 328 valence electrons. The maximum absolute atomic E-state index is 5.20. The summed E-state index contributed by atoms with van der Waals surface area (Å²) in [6.07, 6.45) is 3.86. The van der Waals surface area contributed by atoms with Crippen molar-refractivity contribution in [2.75, 3.05) is 9.80 Å². The Morgan fingerprint density at radius 3 is 0.871 bits per heavy atom. The summed E-state index contributed by atoms with van der Waals surface area (Å²) < 4.78 is 4.90. The fraction of sp³-hybridized carbons (Fsp3) is 0. The third-order valence-corrected chi connectivity index (χ3v) is 13.9. The average molecular weight is 895 g/mol. The highest BCUT2D eigenvalue weighted by Crippen LogP contribution is 2.50. The number of para-hydroxylation sites is 4. The van der Waals surface area contributed by atoms with Gasteiger partial charge in [0.25, 0.3) is 0 Å². The molecule has 0 fully saturated rings. The van der Waals surface area contributed by atoms with Gasteiger partial charge in [-0.15, -0.1) is 0 Å². The van der Waals surface area contributed by atoms with Crippen LogP contribution >= 0.6 is 0 Å². The number of anilines is 6. The molecule has 0 aliphatic carbocycles. The van der Waals surface area contributed by atoms with E-state index in [4.69, 9.17) is 9.97 Å². The minimum atomic E-state index is 0.971. The first-order valence-electron chi connectivity index (χ1n) is 23.7. The Bertz CT molecular complexity index is 3900. The van der Waals surface area contributed by atoms with Gasteiger partial charge in [0.05, 0.1) is 33.1 Å². The third-order valence-electron chi connectivity index (χ3n) is 13.9. The summed E-state index contributed by atoms with van der Waals surface area (Å²) in [6, 6.07) is 86.7. The monoisotopic (exact) mass is 894 g/mol. The summed E-state index contributed by atoms with van der Waals surface area (Å²) in [5, 5.41) is 9.26. The second-order valence-electron chi connectivity index (χ2n) is 17.7. The molecule has 0 amide bonds. The first-order valence-corrected chi connectivity index (χ1v) is 23.7. The van der Waals surface area contributed by atoms with E-state index in [0.717, 1.165) is 100 Å². The smallest absolute Gasteiger partial charge is 0.0969 e. The maximum atomic E-state index is 5.20. The first kappa shape index (κ1) is 39.6. The second-order valence-corrected chi connectivity index (χ2v) is 17.7. The highest BCUT2D eigenvalue weighted by molar-refractivity contribution is 6.43. The Balaban J connectivity index is 1.08. The highest BCUT2D eigenvalue weighted by Gasteiger charge is 2.27. The summed E-state index contributed by atoms with van der Waals surface area (Å²) in [7, 11) is 0. The van der Waals surface area contributed by atoms with Crippen molar-refractivity contribution in [1.29, 1.82) is 0 Å². The summed E-state index contributed by atoms with van der Waals surface area (Å²) >= 11 is 0. The Morgan fingerprint density at radius 2 is 0.543 bits per heavy atom. The Morgan fingerprint density at radius 1 is 0.257 bits per heavy atom. The van der Waals surface area contributed by atoms with Crippen LogP contribution in [0.25, 0.3) is 87.6 Å². The topological polar surface area (TPSA) is 42.1 Å². The molecule has 70 heavy (non-hydrogen) atoms. The molecular formula is C64H42N6. The Hall–Kier alpha value is -9.52. The highest BCUT2D eigenvalue weighted by atomic mass is 15.1. The van der Waals surface area contributed by atoms with Gasteiger partial charge in [-0.2, -0.15) is 0 Å². The van der Waals surface area contributed by atoms with E-state index in [1.165, 1.54) is 21.5 Å². The van der Waals surface area contributed by atoms with Crippen molar-refractivity contribution in [1.82, 2.24) is 19.1 Å². The molecule has 0 bridgehead atoms. The van der Waals surface area contributed by atoms with E-state index >= 15 is 0 Å². The molecule has 10 aromatic carbocycles. The first-order chi connectivity index (χ1) is 34.8. The Labute approximate surface area is 403 Å². The lowest BCUT2D eigenvalue weighted by atomic mass is 9.91. The van der Waals surface area contributed by atoms with Crippen molar-refractivity contribution in [2.45, 2.75) is 0 Å². The summed E-state index contributed by atoms with van der Waals surface area (Å²) in [6.45, 7) is 0. The number of aromatic nitrogens is 4. The fourth-order valence-corrected chi connectivity index (χ4v) is 11.1. The molecule has 14 aromatic rings. The predicted octanol–water partition coefficient (Wildman–Crippen LogP) is 17.1. The van der Waals surface area contributed by atoms with Crippen LogP contribution in [0.3, 0.4) is 0 Å². The quantitative estimate of drug-likeness (QED) is 0.143. The minimum absolute atomic E-state index is 0.971. The van der Waals surface area contributed by atoms with E-state index in [9.17, 15) is 0 Å². The van der Waals surface area contributed by atoms with Crippen molar-refractivity contribution in [3.05, 3.63) is 255 Å². The van der Waals surface area contributed by atoms with Crippen LogP contribution in [0.15, 0.2) is 255 Å². The van der Waals surface area contributed by atoms with Crippen molar-refractivity contribution in [3.8, 4) is 11.4 Å². The fourth-order valence-electron chi connectivity index (χ4n) is 11.1. The van der Waals surface area contributed by atoms with Gasteiger partial charge >= 0.3 is 0 Å². The van der Waals surface area contributed by atoms with Crippen LogP contribution in [0.2, 0.25) is 0 Å². The molecule has 4 heterocycles. The molecule has 0 radical (unpaired) electrons. The molecule has 0 atom stereocenters. The molecule has 0 unspecified atom stereocenters. The van der Waals surface area contributed by atoms with Gasteiger partial charge in [-0.1, -0.05) is 121 Å². The third kappa shape index (κ3) is 6.07. The predicted molar refractivity (Wildman–Crippen MR) is 293 cm³/mol. The average Bonchev–Trinajstić information content (AvgIpc) is 3.97. The Kier molecular flexibility index (Phi) is 9.10. The minimum Gasteiger partial charge on any atom is -0.311 e. The normalized spacial score (nSPS) is 11.7. The van der Waals surface area contributed by atoms with Crippen LogP contribution in [0, 0.1) is 0 Å². The molecule has 0 saturated heterocycles. The molecule has 6 nitrogen and oxygen atoms in total. The lowest BCUT2D eigenvalue weighted by Crippen LogP contribution is -2.09. The van der Waals surface area contributed by atoms with Crippen LogP contribution < -0.4 is 9.80 Å². The lowest BCUT2D eigenvalue weighted by Gasteiger charge is -2.25. The van der Waals surface area contributed by atoms with Gasteiger partial charge in [0, 0.05) is 79.4 Å². The van der Waals surface area contributed by atoms with Crippen LogP contribution in [0.5, 0.6) is 0 Å². The van der Waals surface area contributed by atoms with E-state index in [0.29, 0.717) is 0 Å². The molecule has 6 heteroatoms. The number of hydrogen-bond donors (Lipinski definition) is 0. The van der Waals surface area contributed by atoms with Crippen LogP contribution in [0.1, 0.15) is 0 Å². The molecule has 0 aliphatic rings. The zero-order valence-electron chi connectivity index (χ0n) is 37.9. The molecule has 0 N–H and O–H groups in total. The van der Waals surface area contributed by atoms with Gasteiger partial charge in [-0.25, -0.2) is 0 Å². The number of hydrogen-bond acceptors (Lipinski definition) is 4. The van der Waals surface area contributed by atoms with Gasteiger partial charge in [-0.3, -0.25) is 9.97 Å². The second kappa shape index (κ2) is 16.1. The largest absolute Gasteiger partial charge is 0.311 e. The number of fused-ring (bicyclic) bond motifs is 15. The summed E-state index contributed by atoms with van der Waals surface area (Å²) in [5.41, 5.74) is 14.9. The van der Waals surface area contributed by atoms with Gasteiger partial charge in [0.2, 0.25) is 0 Å². The van der Waals surface area contributed by atoms with E-state index in [1.807, 2.05) is 12.4 Å². The standard InChI is InChI=1S/C64H42N6/c1-5-19-43(20-6-1)67(44-21-7-2-8-22-44)47-33-37-49(38-34-47)69-55-31-17-41-65-61(55)59-53-29-15-14-28-52(53)58-57(63(59)69)51-27-13-16-30-54(51)60-62-56(32-18-42-66-62)70(64(58)60)50-39-35-48(36-40-50)68(45-23-9-3-10-24-45)46-25-11-4-12-26-46/h1-42H. The number of rotatable bonds is 8. The SMILES string of the molecule is c1ccc(N(c2ccccc2)c2ccc(-n3c4cccnc4c4c5ccccc5c5c(c6ccccc6c6c7ncccc7n(-c7ccc(N(c8ccccc8)c8ccccc8)cc7)c65)c43)cc2)cc1. The van der Waals surface area contributed by atoms with E-state index in [2.05, 4.69) is 262 Å². The molecule has 14 rings (SSSR count). The van der Waals surface area contributed by atoms with Crippen LogP contribution in [0.4, 0.5) is 34.1 Å². The van der Waals surface area contributed by atoms with Gasteiger partial charge in [0.15, 0.2) is 0 Å². The number of pyridine rings is 2. The zero-order valence-corrected chi connectivity index (χ0v) is 37.9. The molecular weight excluding hydrogens is 853 g/mol. The maximum Gasteiger partial charge on any atom is 0.0969 e. The van der Waals surface area contributed by atoms with Crippen molar-refractivity contribution < 1.29 is 0 Å². The number of nitrogens with zero attached hydrogens (tertiary/aromatic N) is 6. The van der Waals surface area contributed by atoms with E-state index < -0.39 is 0 Å². The molecule has 0 aliphatic heterocycles. The van der Waals surface area contributed by atoms with E-state index in [-0.39, 0.29) is 0 Å². The van der Waals surface area contributed by atoms with Crippen molar-refractivity contribution >= 4 is 110 Å². The van der Waals surface area contributed by atoms with Gasteiger partial charge < -0.3 is 18.9 Å². The van der Waals surface area contributed by atoms with Gasteiger partial charge in [0.1, 0.15) is 0 Å². The number of benzene rings is 10. The van der Waals surface area contributed by atoms with Gasteiger partial charge in [-0.05, 0) is 143 Å². The zero-order chi connectivity index (χ0) is 46.1. The van der Waals surface area contributed by atoms with Crippen LogP contribution in [-0.4, -0.2) is 19.1 Å². The summed E-state index contributed by atoms with van der Waals surface area (Å²) in [5.74, 6) is 0. The molecule has 4 aromatic heterocycles. The molecule has 0 saturated carbocycles. The van der Waals surface area contributed by atoms with Crippen molar-refractivity contribution in [3.63, 3.8) is 0 Å². The van der Waals surface area contributed by atoms with E-state index in [1.54, 1.807) is 0 Å². The van der Waals surface area contributed by atoms with Crippen LogP contribution in [-0.2, 0) is 0 Å². The van der Waals surface area contributed by atoms with Crippen molar-refractivity contribution in [2.24, 2.45) is 0 Å². The summed E-state index contributed by atoms with van der Waals surface area (Å²) in [4.78, 5) is 15.0. The lowest BCUT2D eigenvalue weighted by molar-refractivity contribution is 1.17. The molecule has 0 spiro atoms.